The van der Waals surface area contributed by atoms with Crippen LogP contribution in [0.1, 0.15) is 74.9 Å². The zero-order valence-electron chi connectivity index (χ0n) is 14.6. The van der Waals surface area contributed by atoms with Gasteiger partial charge in [-0.15, -0.1) is 0 Å². The molecule has 0 aliphatic carbocycles. The molecule has 1 unspecified atom stereocenters. The molecular weight excluding hydrogens is 287 g/mol. The first-order valence-corrected chi connectivity index (χ1v) is 8.62. The van der Waals surface area contributed by atoms with Gasteiger partial charge >= 0.3 is 0 Å². The molecule has 2 aromatic rings. The van der Waals surface area contributed by atoms with Gasteiger partial charge < -0.3 is 0 Å². The summed E-state index contributed by atoms with van der Waals surface area (Å²) in [5.74, 6) is 0.466. The summed E-state index contributed by atoms with van der Waals surface area (Å²) in [6.45, 7) is 8.65. The average molecular weight is 314 g/mol. The zero-order valence-corrected chi connectivity index (χ0v) is 14.6. The minimum atomic E-state index is -0.377. The predicted octanol–water partition coefficient (Wildman–Crippen LogP) is 5.43. The summed E-state index contributed by atoms with van der Waals surface area (Å²) in [6, 6.07) is 7.53. The second kappa shape index (κ2) is 8.19. The Morgan fingerprint density at radius 1 is 1.04 bits per heavy atom. The third-order valence-electron chi connectivity index (χ3n) is 4.44. The molecular formula is C20H27FN2. The van der Waals surface area contributed by atoms with Gasteiger partial charge in [0.15, 0.2) is 0 Å². The molecule has 0 fully saturated rings. The highest BCUT2D eigenvalue weighted by Gasteiger charge is 2.13. The first-order chi connectivity index (χ1) is 11.0. The second-order valence-corrected chi connectivity index (χ2v) is 6.51. The third kappa shape index (κ3) is 4.60. The molecule has 0 aliphatic rings. The number of pyridine rings is 2. The first kappa shape index (κ1) is 17.6. The van der Waals surface area contributed by atoms with E-state index in [-0.39, 0.29) is 5.95 Å². The molecule has 0 radical (unpaired) electrons. The number of nitrogens with zero attached hydrogens (tertiary/aromatic N) is 2. The molecule has 2 aromatic heterocycles. The fraction of sp³-hybridized carbons (Fsp3) is 0.500. The average Bonchev–Trinajstić information content (AvgIpc) is 2.54. The molecule has 23 heavy (non-hydrogen) atoms. The van der Waals surface area contributed by atoms with Gasteiger partial charge in [-0.25, -0.2) is 4.98 Å². The monoisotopic (exact) mass is 314 g/mol. The van der Waals surface area contributed by atoms with E-state index in [0.717, 1.165) is 36.9 Å². The van der Waals surface area contributed by atoms with Crippen molar-refractivity contribution in [3.63, 3.8) is 0 Å². The molecule has 0 N–H and O–H groups in total. The van der Waals surface area contributed by atoms with Crippen molar-refractivity contribution < 1.29 is 4.39 Å². The number of rotatable bonds is 7. The van der Waals surface area contributed by atoms with Crippen molar-refractivity contribution in [1.29, 1.82) is 0 Å². The summed E-state index contributed by atoms with van der Waals surface area (Å²) in [5, 5.41) is 0. The summed E-state index contributed by atoms with van der Waals surface area (Å²) < 4.78 is 13.4. The van der Waals surface area contributed by atoms with Crippen molar-refractivity contribution in [2.24, 2.45) is 0 Å². The maximum Gasteiger partial charge on any atom is 0.213 e. The second-order valence-electron chi connectivity index (χ2n) is 6.51. The number of hydrogen-bond donors (Lipinski definition) is 0. The summed E-state index contributed by atoms with van der Waals surface area (Å²) in [4.78, 5) is 8.59. The Morgan fingerprint density at radius 3 is 2.52 bits per heavy atom. The predicted molar refractivity (Wildman–Crippen MR) is 93.3 cm³/mol. The van der Waals surface area contributed by atoms with Gasteiger partial charge in [0.1, 0.15) is 0 Å². The fourth-order valence-electron chi connectivity index (χ4n) is 3.14. The van der Waals surface area contributed by atoms with Crippen molar-refractivity contribution >= 4 is 0 Å². The molecule has 0 aliphatic heterocycles. The summed E-state index contributed by atoms with van der Waals surface area (Å²) >= 11 is 0. The van der Waals surface area contributed by atoms with Crippen LogP contribution >= 0.6 is 0 Å². The first-order valence-electron chi connectivity index (χ1n) is 8.62. The SMILES string of the molecule is CCc1ncccc1C(C)CCCc1nc(F)ccc1C(C)C. The molecule has 0 aromatic carbocycles. The molecule has 1 atom stereocenters. The van der Waals surface area contributed by atoms with Crippen LogP contribution in [0.2, 0.25) is 0 Å². The van der Waals surface area contributed by atoms with E-state index in [0.29, 0.717) is 11.8 Å². The lowest BCUT2D eigenvalue weighted by molar-refractivity contribution is 0.562. The molecule has 0 bridgehead atoms. The van der Waals surface area contributed by atoms with Crippen LogP contribution < -0.4 is 0 Å². The van der Waals surface area contributed by atoms with E-state index in [1.165, 1.54) is 17.3 Å². The number of aryl methyl sites for hydroxylation is 2. The van der Waals surface area contributed by atoms with Crippen LogP contribution in [0.3, 0.4) is 0 Å². The van der Waals surface area contributed by atoms with Crippen LogP contribution in [0.5, 0.6) is 0 Å². The van der Waals surface area contributed by atoms with Gasteiger partial charge in [0.05, 0.1) is 0 Å². The van der Waals surface area contributed by atoms with Crippen molar-refractivity contribution in [2.75, 3.05) is 0 Å². The van der Waals surface area contributed by atoms with Gasteiger partial charge in [-0.1, -0.05) is 39.8 Å². The highest BCUT2D eigenvalue weighted by molar-refractivity contribution is 5.25. The van der Waals surface area contributed by atoms with Crippen LogP contribution in [-0.2, 0) is 12.8 Å². The van der Waals surface area contributed by atoms with E-state index < -0.39 is 0 Å². The normalized spacial score (nSPS) is 12.6. The standard InChI is InChI=1S/C20H27FN2/c1-5-18-17(9-7-13-22-18)15(4)8-6-10-19-16(14(2)3)11-12-20(21)23-19/h7,9,11-15H,5-6,8,10H2,1-4H3. The number of hydrogen-bond acceptors (Lipinski definition) is 2. The van der Waals surface area contributed by atoms with E-state index in [9.17, 15) is 4.39 Å². The van der Waals surface area contributed by atoms with Gasteiger partial charge in [-0.05, 0) is 60.8 Å². The van der Waals surface area contributed by atoms with Crippen LogP contribution in [0.25, 0.3) is 0 Å². The topological polar surface area (TPSA) is 25.8 Å². The molecule has 3 heteroatoms. The van der Waals surface area contributed by atoms with E-state index in [2.05, 4.69) is 43.7 Å². The Balaban J connectivity index is 2.01. The van der Waals surface area contributed by atoms with Crippen molar-refractivity contribution in [1.82, 2.24) is 9.97 Å². The Kier molecular flexibility index (Phi) is 6.26. The van der Waals surface area contributed by atoms with E-state index in [1.54, 1.807) is 0 Å². The largest absolute Gasteiger partial charge is 0.261 e. The molecule has 0 spiro atoms. The van der Waals surface area contributed by atoms with E-state index in [4.69, 9.17) is 0 Å². The molecule has 2 nitrogen and oxygen atoms in total. The molecule has 2 rings (SSSR count). The van der Waals surface area contributed by atoms with Gasteiger partial charge in [-0.3, -0.25) is 4.98 Å². The van der Waals surface area contributed by atoms with Crippen LogP contribution in [0, 0.1) is 5.95 Å². The van der Waals surface area contributed by atoms with Gasteiger partial charge in [-0.2, -0.15) is 4.39 Å². The van der Waals surface area contributed by atoms with Crippen molar-refractivity contribution in [3.8, 4) is 0 Å². The Labute approximate surface area is 139 Å². The zero-order chi connectivity index (χ0) is 16.8. The lowest BCUT2D eigenvalue weighted by Gasteiger charge is -2.16. The fourth-order valence-corrected chi connectivity index (χ4v) is 3.14. The van der Waals surface area contributed by atoms with Crippen LogP contribution in [0.15, 0.2) is 30.5 Å². The Morgan fingerprint density at radius 2 is 1.83 bits per heavy atom. The van der Waals surface area contributed by atoms with Gasteiger partial charge in [0.25, 0.3) is 0 Å². The lowest BCUT2D eigenvalue weighted by Crippen LogP contribution is -2.05. The van der Waals surface area contributed by atoms with E-state index >= 15 is 0 Å². The van der Waals surface area contributed by atoms with Crippen LogP contribution in [0.4, 0.5) is 4.39 Å². The minimum absolute atomic E-state index is 0.376. The highest BCUT2D eigenvalue weighted by Crippen LogP contribution is 2.25. The van der Waals surface area contributed by atoms with Crippen molar-refractivity contribution in [2.45, 2.75) is 65.2 Å². The summed E-state index contributed by atoms with van der Waals surface area (Å²) in [7, 11) is 0. The Hall–Kier alpha value is -1.77. The third-order valence-corrected chi connectivity index (χ3v) is 4.44. The van der Waals surface area contributed by atoms with Crippen LogP contribution in [-0.4, -0.2) is 9.97 Å². The summed E-state index contributed by atoms with van der Waals surface area (Å²) in [6.07, 6.45) is 5.73. The lowest BCUT2D eigenvalue weighted by atomic mass is 9.91. The quantitative estimate of drug-likeness (QED) is 0.637. The van der Waals surface area contributed by atoms with Gasteiger partial charge in [0, 0.05) is 17.6 Å². The summed E-state index contributed by atoms with van der Waals surface area (Å²) in [5.41, 5.74) is 4.60. The van der Waals surface area contributed by atoms with Crippen molar-refractivity contribution in [3.05, 3.63) is 58.9 Å². The molecule has 0 saturated heterocycles. The number of halogens is 1. The molecule has 124 valence electrons. The van der Waals surface area contributed by atoms with Gasteiger partial charge in [0.2, 0.25) is 5.95 Å². The maximum absolute atomic E-state index is 13.4. The maximum atomic E-state index is 13.4. The molecule has 0 amide bonds. The number of aromatic nitrogens is 2. The Bertz CT molecular complexity index is 637. The minimum Gasteiger partial charge on any atom is -0.261 e. The highest BCUT2D eigenvalue weighted by atomic mass is 19.1. The molecule has 2 heterocycles. The van der Waals surface area contributed by atoms with E-state index in [1.807, 2.05) is 18.3 Å². The smallest absolute Gasteiger partial charge is 0.213 e. The molecule has 0 saturated carbocycles.